The van der Waals surface area contributed by atoms with E-state index in [-0.39, 0.29) is 11.8 Å². The molecule has 0 atom stereocenters. The van der Waals surface area contributed by atoms with Gasteiger partial charge in [0.15, 0.2) is 0 Å². The summed E-state index contributed by atoms with van der Waals surface area (Å²) in [7, 11) is 3.75. The van der Waals surface area contributed by atoms with Gasteiger partial charge in [-0.2, -0.15) is 0 Å². The molecule has 144 valence electrons. The Kier molecular flexibility index (Phi) is 6.51. The average molecular weight is 407 g/mol. The first-order valence-electron chi connectivity index (χ1n) is 8.96. The Bertz CT molecular complexity index is 756. The number of thioether (sulfide) groups is 1. The van der Waals surface area contributed by atoms with E-state index in [9.17, 15) is 9.59 Å². The molecule has 1 N–H and O–H groups in total. The molecule has 8 heteroatoms. The summed E-state index contributed by atoms with van der Waals surface area (Å²) >= 11 is 6.64. The van der Waals surface area contributed by atoms with Crippen LogP contribution in [0.5, 0.6) is 5.75 Å². The van der Waals surface area contributed by atoms with Crippen LogP contribution in [0.4, 0.5) is 0 Å². The van der Waals surface area contributed by atoms with Gasteiger partial charge in [0.25, 0.3) is 5.91 Å². The molecule has 0 spiro atoms. The van der Waals surface area contributed by atoms with Crippen LogP contribution in [0.2, 0.25) is 0 Å². The zero-order valence-electron chi connectivity index (χ0n) is 15.6. The van der Waals surface area contributed by atoms with Crippen LogP contribution < -0.4 is 9.64 Å². The molecule has 0 aromatic heterocycles. The Balaban J connectivity index is 1.58. The van der Waals surface area contributed by atoms with Crippen molar-refractivity contribution >= 4 is 46.2 Å². The largest absolute Gasteiger partial charge is 0.497 e. The number of amides is 2. The van der Waals surface area contributed by atoms with Gasteiger partial charge in [-0.25, -0.2) is 0 Å². The number of thiocarbonyl (C=S) groups is 1. The SMILES string of the molecule is COc1ccc(/C=C2/SC(=S)N(CCC(=O)N3CC[NH+](C)CC3)C2=O)cc1. The number of hydrogen-bond acceptors (Lipinski definition) is 5. The van der Waals surface area contributed by atoms with Gasteiger partial charge in [0.05, 0.1) is 45.2 Å². The smallest absolute Gasteiger partial charge is 0.266 e. The first kappa shape index (κ1) is 19.9. The van der Waals surface area contributed by atoms with Gasteiger partial charge in [-0.1, -0.05) is 36.1 Å². The molecular formula is C19H24N3O3S2+. The number of likely N-dealkylation sites (N-methyl/N-ethyl adjacent to an activating group) is 1. The van der Waals surface area contributed by atoms with Gasteiger partial charge in [-0.15, -0.1) is 0 Å². The van der Waals surface area contributed by atoms with Gasteiger partial charge < -0.3 is 14.5 Å². The van der Waals surface area contributed by atoms with Gasteiger partial charge in [-0.3, -0.25) is 14.5 Å². The van der Waals surface area contributed by atoms with Crippen molar-refractivity contribution in [3.8, 4) is 5.75 Å². The number of rotatable bonds is 5. The second-order valence-corrected chi connectivity index (χ2v) is 8.37. The lowest BCUT2D eigenvalue weighted by Crippen LogP contribution is -3.12. The second-order valence-electron chi connectivity index (χ2n) is 6.69. The van der Waals surface area contributed by atoms with Crippen LogP contribution in [-0.4, -0.2) is 72.8 Å². The lowest BCUT2D eigenvalue weighted by atomic mass is 10.2. The molecule has 0 saturated carbocycles. The quantitative estimate of drug-likeness (QED) is 0.575. The summed E-state index contributed by atoms with van der Waals surface area (Å²) in [6.07, 6.45) is 2.13. The monoisotopic (exact) mass is 406 g/mol. The number of ether oxygens (including phenoxy) is 1. The number of carbonyl (C=O) groups excluding carboxylic acids is 2. The number of piperazine rings is 1. The van der Waals surface area contributed by atoms with Gasteiger partial charge in [0.2, 0.25) is 5.91 Å². The summed E-state index contributed by atoms with van der Waals surface area (Å²) in [4.78, 5) is 30.5. The number of methoxy groups -OCH3 is 1. The highest BCUT2D eigenvalue weighted by Gasteiger charge is 2.32. The maximum absolute atomic E-state index is 12.7. The number of nitrogens with one attached hydrogen (secondary N) is 1. The number of nitrogens with zero attached hydrogens (tertiary/aromatic N) is 2. The topological polar surface area (TPSA) is 54.3 Å². The Hall–Kier alpha value is -1.90. The van der Waals surface area contributed by atoms with Crippen LogP contribution in [-0.2, 0) is 9.59 Å². The molecule has 1 aromatic rings. The predicted octanol–water partition coefficient (Wildman–Crippen LogP) is 0.643. The molecular weight excluding hydrogens is 382 g/mol. The lowest BCUT2D eigenvalue weighted by Gasteiger charge is -2.30. The molecule has 2 heterocycles. The molecule has 2 amide bonds. The molecule has 2 saturated heterocycles. The fourth-order valence-electron chi connectivity index (χ4n) is 3.05. The van der Waals surface area contributed by atoms with E-state index in [1.54, 1.807) is 7.11 Å². The molecule has 2 aliphatic rings. The van der Waals surface area contributed by atoms with E-state index >= 15 is 0 Å². The van der Waals surface area contributed by atoms with Crippen LogP contribution in [0.15, 0.2) is 29.2 Å². The molecule has 27 heavy (non-hydrogen) atoms. The summed E-state index contributed by atoms with van der Waals surface area (Å²) in [5.74, 6) is 0.732. The standard InChI is InChI=1S/C19H23N3O3S2/c1-20-9-11-21(12-10-20)17(23)7-8-22-18(24)16(27-19(22)26)13-14-3-5-15(25-2)6-4-14/h3-6,13H,7-12H2,1-2H3/p+1/b16-13+. The van der Waals surface area contributed by atoms with E-state index in [4.69, 9.17) is 17.0 Å². The molecule has 2 aliphatic heterocycles. The van der Waals surface area contributed by atoms with Crippen LogP contribution in [0.3, 0.4) is 0 Å². The summed E-state index contributed by atoms with van der Waals surface area (Å²) < 4.78 is 5.66. The molecule has 0 radical (unpaired) electrons. The molecule has 0 aliphatic carbocycles. The van der Waals surface area contributed by atoms with Gasteiger partial charge in [0.1, 0.15) is 10.1 Å². The van der Waals surface area contributed by atoms with Crippen molar-refractivity contribution in [3.63, 3.8) is 0 Å². The highest BCUT2D eigenvalue weighted by Crippen LogP contribution is 2.32. The van der Waals surface area contributed by atoms with E-state index in [1.165, 1.54) is 21.6 Å². The summed E-state index contributed by atoms with van der Waals surface area (Å²) in [6, 6.07) is 7.49. The minimum absolute atomic E-state index is 0.0932. The second kappa shape index (κ2) is 8.86. The van der Waals surface area contributed by atoms with Gasteiger partial charge in [-0.05, 0) is 23.8 Å². The first-order valence-corrected chi connectivity index (χ1v) is 10.2. The fourth-order valence-corrected chi connectivity index (χ4v) is 4.36. The van der Waals surface area contributed by atoms with Crippen LogP contribution in [0, 0.1) is 0 Å². The Labute approximate surface area is 169 Å². The normalized spacial score (nSPS) is 19.9. The Morgan fingerprint density at radius 3 is 2.59 bits per heavy atom. The highest BCUT2D eigenvalue weighted by atomic mass is 32.2. The summed E-state index contributed by atoms with van der Waals surface area (Å²) in [6.45, 7) is 3.83. The fraction of sp³-hybridized carbons (Fsp3) is 0.421. The molecule has 0 unspecified atom stereocenters. The van der Waals surface area contributed by atoms with Crippen LogP contribution in [0.25, 0.3) is 6.08 Å². The van der Waals surface area contributed by atoms with Crippen molar-refractivity contribution in [2.45, 2.75) is 6.42 Å². The summed E-state index contributed by atoms with van der Waals surface area (Å²) in [5.41, 5.74) is 0.910. The van der Waals surface area contributed by atoms with Crippen LogP contribution >= 0.6 is 24.0 Å². The van der Waals surface area contributed by atoms with Crippen LogP contribution in [0.1, 0.15) is 12.0 Å². The minimum atomic E-state index is -0.128. The highest BCUT2D eigenvalue weighted by molar-refractivity contribution is 8.26. The maximum atomic E-state index is 12.7. The van der Waals surface area contributed by atoms with Crippen molar-refractivity contribution in [1.29, 1.82) is 0 Å². The van der Waals surface area contributed by atoms with E-state index in [0.717, 1.165) is 37.5 Å². The Morgan fingerprint density at radius 1 is 1.30 bits per heavy atom. The molecule has 2 fully saturated rings. The first-order chi connectivity index (χ1) is 13.0. The lowest BCUT2D eigenvalue weighted by molar-refractivity contribution is -0.883. The average Bonchev–Trinajstić information content (AvgIpc) is 2.94. The molecule has 6 nitrogen and oxygen atoms in total. The van der Waals surface area contributed by atoms with E-state index in [0.29, 0.717) is 22.2 Å². The molecule has 0 bridgehead atoms. The number of quaternary nitrogens is 1. The van der Waals surface area contributed by atoms with Crippen molar-refractivity contribution in [3.05, 3.63) is 34.7 Å². The van der Waals surface area contributed by atoms with E-state index in [2.05, 4.69) is 7.05 Å². The third-order valence-electron chi connectivity index (χ3n) is 4.81. The zero-order valence-corrected chi connectivity index (χ0v) is 17.2. The van der Waals surface area contributed by atoms with E-state index in [1.807, 2.05) is 35.2 Å². The minimum Gasteiger partial charge on any atom is -0.497 e. The van der Waals surface area contributed by atoms with E-state index < -0.39 is 0 Å². The summed E-state index contributed by atoms with van der Waals surface area (Å²) in [5, 5.41) is 0. The third-order valence-corrected chi connectivity index (χ3v) is 6.18. The number of carbonyl (C=O) groups is 2. The van der Waals surface area contributed by atoms with Crippen molar-refractivity contribution in [1.82, 2.24) is 9.80 Å². The predicted molar refractivity (Wildman–Crippen MR) is 111 cm³/mol. The van der Waals surface area contributed by atoms with Gasteiger partial charge in [0, 0.05) is 13.0 Å². The molecule has 3 rings (SSSR count). The van der Waals surface area contributed by atoms with Crippen molar-refractivity contribution < 1.29 is 19.2 Å². The van der Waals surface area contributed by atoms with Gasteiger partial charge >= 0.3 is 0 Å². The number of hydrogen-bond donors (Lipinski definition) is 1. The maximum Gasteiger partial charge on any atom is 0.266 e. The van der Waals surface area contributed by atoms with Crippen molar-refractivity contribution in [2.75, 3.05) is 46.9 Å². The number of benzene rings is 1. The van der Waals surface area contributed by atoms with Crippen molar-refractivity contribution in [2.24, 2.45) is 0 Å². The zero-order chi connectivity index (χ0) is 19.4. The Morgan fingerprint density at radius 2 is 1.96 bits per heavy atom. The third kappa shape index (κ3) is 4.88. The molecule has 1 aromatic carbocycles.